The highest BCUT2D eigenvalue weighted by molar-refractivity contribution is 5.76. The summed E-state index contributed by atoms with van der Waals surface area (Å²) in [5, 5.41) is 28.3. The van der Waals surface area contributed by atoms with Gasteiger partial charge in [-0.1, -0.05) is 13.8 Å². The number of rotatable bonds is 3. The average Bonchev–Trinajstić information content (AvgIpc) is 2.21. The first-order chi connectivity index (χ1) is 7.41. The van der Waals surface area contributed by atoms with Crippen LogP contribution in [-0.4, -0.2) is 57.5 Å². The van der Waals surface area contributed by atoms with E-state index in [-0.39, 0.29) is 24.8 Å². The van der Waals surface area contributed by atoms with Crippen LogP contribution in [0.15, 0.2) is 0 Å². The molecule has 0 spiro atoms. The molecule has 94 valence electrons. The van der Waals surface area contributed by atoms with E-state index in [0.717, 1.165) is 0 Å². The number of piperidine rings is 1. The fraction of sp³-hybridized carbons (Fsp3) is 0.909. The predicted molar refractivity (Wildman–Crippen MR) is 58.7 cm³/mol. The number of hydrogen-bond donors (Lipinski definition) is 3. The Morgan fingerprint density at radius 2 is 2.00 bits per heavy atom. The first kappa shape index (κ1) is 13.4. The van der Waals surface area contributed by atoms with Crippen LogP contribution >= 0.6 is 0 Å². The Kier molecular flexibility index (Phi) is 4.70. The van der Waals surface area contributed by atoms with Crippen LogP contribution in [0.25, 0.3) is 0 Å². The fourth-order valence-electron chi connectivity index (χ4n) is 1.69. The van der Waals surface area contributed by atoms with Gasteiger partial charge < -0.3 is 20.2 Å². The minimum Gasteiger partial charge on any atom is -0.392 e. The second-order valence-corrected chi connectivity index (χ2v) is 4.78. The van der Waals surface area contributed by atoms with Gasteiger partial charge >= 0.3 is 0 Å². The van der Waals surface area contributed by atoms with Crippen molar-refractivity contribution in [2.45, 2.75) is 45.0 Å². The van der Waals surface area contributed by atoms with Crippen molar-refractivity contribution < 1.29 is 20.1 Å². The van der Waals surface area contributed by atoms with E-state index in [2.05, 4.69) is 0 Å². The number of β-amino-alcohol motifs (C(OH)–C–C–N with tert-alkyl or cyclic N) is 1. The quantitative estimate of drug-likeness (QED) is 0.603. The third-order valence-corrected chi connectivity index (χ3v) is 3.05. The van der Waals surface area contributed by atoms with Gasteiger partial charge in [0.2, 0.25) is 5.91 Å². The molecule has 0 radical (unpaired) electrons. The second kappa shape index (κ2) is 5.61. The first-order valence-corrected chi connectivity index (χ1v) is 5.73. The van der Waals surface area contributed by atoms with Crippen molar-refractivity contribution in [1.29, 1.82) is 0 Å². The van der Waals surface area contributed by atoms with Crippen LogP contribution in [0.3, 0.4) is 0 Å². The van der Waals surface area contributed by atoms with Gasteiger partial charge in [0.1, 0.15) is 0 Å². The van der Waals surface area contributed by atoms with Crippen molar-refractivity contribution in [2.75, 3.05) is 13.1 Å². The summed E-state index contributed by atoms with van der Waals surface area (Å²) in [5.74, 6) is -0.114. The summed E-state index contributed by atoms with van der Waals surface area (Å²) < 4.78 is 0. The Morgan fingerprint density at radius 1 is 1.38 bits per heavy atom. The molecule has 1 saturated heterocycles. The number of nitrogens with zero attached hydrogens (tertiary/aromatic N) is 1. The van der Waals surface area contributed by atoms with E-state index in [1.54, 1.807) is 0 Å². The highest BCUT2D eigenvalue weighted by Crippen LogP contribution is 2.14. The number of likely N-dealkylation sites (tertiary alicyclic amines) is 1. The van der Waals surface area contributed by atoms with Crippen LogP contribution in [0.2, 0.25) is 0 Å². The van der Waals surface area contributed by atoms with Gasteiger partial charge in [0.25, 0.3) is 0 Å². The monoisotopic (exact) mass is 231 g/mol. The van der Waals surface area contributed by atoms with E-state index in [4.69, 9.17) is 0 Å². The molecule has 0 saturated carbocycles. The molecule has 1 aliphatic rings. The molecule has 0 aromatic carbocycles. The van der Waals surface area contributed by atoms with E-state index in [1.807, 2.05) is 13.8 Å². The minimum atomic E-state index is -0.867. The van der Waals surface area contributed by atoms with Gasteiger partial charge in [-0.2, -0.15) is 0 Å². The van der Waals surface area contributed by atoms with Crippen molar-refractivity contribution in [3.63, 3.8) is 0 Å². The lowest BCUT2D eigenvalue weighted by molar-refractivity contribution is -0.140. The van der Waals surface area contributed by atoms with Gasteiger partial charge in [0, 0.05) is 13.1 Å². The zero-order valence-electron chi connectivity index (χ0n) is 9.83. The van der Waals surface area contributed by atoms with Crippen molar-refractivity contribution in [1.82, 2.24) is 4.90 Å². The molecular weight excluding hydrogens is 210 g/mol. The van der Waals surface area contributed by atoms with Crippen LogP contribution in [0.4, 0.5) is 0 Å². The third kappa shape index (κ3) is 3.43. The Hall–Kier alpha value is -0.650. The highest BCUT2D eigenvalue weighted by Gasteiger charge is 2.29. The lowest BCUT2D eigenvalue weighted by Crippen LogP contribution is -2.49. The average molecular weight is 231 g/mol. The Balaban J connectivity index is 2.43. The summed E-state index contributed by atoms with van der Waals surface area (Å²) >= 11 is 0. The molecule has 0 aliphatic carbocycles. The van der Waals surface area contributed by atoms with Gasteiger partial charge in [-0.3, -0.25) is 4.79 Å². The highest BCUT2D eigenvalue weighted by atomic mass is 16.3. The molecule has 3 atom stereocenters. The Morgan fingerprint density at radius 3 is 2.50 bits per heavy atom. The fourth-order valence-corrected chi connectivity index (χ4v) is 1.69. The molecule has 1 fully saturated rings. The standard InChI is InChI=1S/C11H21NO4/c1-7(2)9(14)5-11(16)12-4-3-8(13)10(15)6-12/h7-10,13-15H,3-6H2,1-2H3/t8-,9+,10+/m1/s1. The summed E-state index contributed by atoms with van der Waals surface area (Å²) in [6.07, 6.45) is -1.77. The molecule has 1 rings (SSSR count). The van der Waals surface area contributed by atoms with E-state index in [1.165, 1.54) is 4.90 Å². The number of amides is 1. The molecule has 0 aromatic rings. The van der Waals surface area contributed by atoms with Gasteiger partial charge in [0.15, 0.2) is 0 Å². The molecule has 1 aliphatic heterocycles. The van der Waals surface area contributed by atoms with Gasteiger partial charge in [-0.15, -0.1) is 0 Å². The maximum atomic E-state index is 11.7. The van der Waals surface area contributed by atoms with Crippen LogP contribution < -0.4 is 0 Å². The summed E-state index contributed by atoms with van der Waals surface area (Å²) in [4.78, 5) is 13.2. The zero-order chi connectivity index (χ0) is 12.3. The molecule has 0 aromatic heterocycles. The Labute approximate surface area is 95.7 Å². The number of carbonyl (C=O) groups excluding carboxylic acids is 1. The molecule has 1 amide bonds. The molecule has 1 heterocycles. The molecule has 16 heavy (non-hydrogen) atoms. The predicted octanol–water partition coefficient (Wildman–Crippen LogP) is -0.653. The van der Waals surface area contributed by atoms with E-state index < -0.39 is 18.3 Å². The third-order valence-electron chi connectivity index (χ3n) is 3.05. The van der Waals surface area contributed by atoms with E-state index >= 15 is 0 Å². The normalized spacial score (nSPS) is 28.2. The van der Waals surface area contributed by atoms with Crippen LogP contribution in [0, 0.1) is 5.92 Å². The van der Waals surface area contributed by atoms with Crippen LogP contribution in [0.5, 0.6) is 0 Å². The van der Waals surface area contributed by atoms with Gasteiger partial charge in [0.05, 0.1) is 24.7 Å². The summed E-state index contributed by atoms with van der Waals surface area (Å²) in [5.41, 5.74) is 0. The van der Waals surface area contributed by atoms with E-state index in [0.29, 0.717) is 13.0 Å². The van der Waals surface area contributed by atoms with Crippen molar-refractivity contribution in [3.05, 3.63) is 0 Å². The molecule has 0 bridgehead atoms. The Bertz CT molecular complexity index is 244. The van der Waals surface area contributed by atoms with Crippen LogP contribution in [-0.2, 0) is 4.79 Å². The molecule has 5 heteroatoms. The lowest BCUT2D eigenvalue weighted by Gasteiger charge is -2.34. The van der Waals surface area contributed by atoms with Crippen molar-refractivity contribution in [2.24, 2.45) is 5.92 Å². The van der Waals surface area contributed by atoms with Gasteiger partial charge in [-0.05, 0) is 12.3 Å². The topological polar surface area (TPSA) is 81.0 Å². The number of aliphatic hydroxyl groups is 3. The SMILES string of the molecule is CC(C)[C@@H](O)CC(=O)N1CC[C@@H](O)[C@@H](O)C1. The summed E-state index contributed by atoms with van der Waals surface area (Å²) in [6, 6.07) is 0. The number of carbonyl (C=O) groups is 1. The van der Waals surface area contributed by atoms with Crippen molar-refractivity contribution in [3.8, 4) is 0 Å². The molecular formula is C11H21NO4. The van der Waals surface area contributed by atoms with Gasteiger partial charge in [-0.25, -0.2) is 0 Å². The largest absolute Gasteiger partial charge is 0.392 e. The minimum absolute atomic E-state index is 0.0456. The molecule has 3 N–H and O–H groups in total. The molecule has 5 nitrogen and oxygen atoms in total. The summed E-state index contributed by atoms with van der Waals surface area (Å²) in [6.45, 7) is 4.31. The number of aliphatic hydroxyl groups excluding tert-OH is 3. The zero-order valence-corrected chi connectivity index (χ0v) is 9.83. The first-order valence-electron chi connectivity index (χ1n) is 5.73. The van der Waals surface area contributed by atoms with Crippen LogP contribution in [0.1, 0.15) is 26.7 Å². The van der Waals surface area contributed by atoms with E-state index in [9.17, 15) is 20.1 Å². The summed E-state index contributed by atoms with van der Waals surface area (Å²) in [7, 11) is 0. The number of hydrogen-bond acceptors (Lipinski definition) is 4. The second-order valence-electron chi connectivity index (χ2n) is 4.78. The smallest absolute Gasteiger partial charge is 0.225 e. The maximum absolute atomic E-state index is 11.7. The maximum Gasteiger partial charge on any atom is 0.225 e. The lowest BCUT2D eigenvalue weighted by atomic mass is 10.0. The van der Waals surface area contributed by atoms with Crippen molar-refractivity contribution >= 4 is 5.91 Å². The molecule has 0 unspecified atom stereocenters.